The number of nitrogens with two attached hydrogens (primary N) is 1. The fraction of sp³-hybridized carbons (Fsp3) is 0.600. The van der Waals surface area contributed by atoms with E-state index in [1.807, 2.05) is 0 Å². The number of hydrogen-bond donors (Lipinski definition) is 1. The van der Waals surface area contributed by atoms with E-state index in [0.717, 1.165) is 15.8 Å². The fourth-order valence-corrected chi connectivity index (χ4v) is 3.22. The minimum absolute atomic E-state index is 0.0946. The van der Waals surface area contributed by atoms with Crippen molar-refractivity contribution in [1.82, 2.24) is 0 Å². The summed E-state index contributed by atoms with van der Waals surface area (Å²) in [6, 6.07) is 4.30. The van der Waals surface area contributed by atoms with Crippen LogP contribution in [0.1, 0.15) is 49.3 Å². The van der Waals surface area contributed by atoms with E-state index in [4.69, 9.17) is 10.5 Å². The first kappa shape index (κ1) is 13.9. The number of ether oxygens (including phenoxy) is 1. The van der Waals surface area contributed by atoms with Crippen LogP contribution < -0.4 is 10.5 Å². The molecule has 0 heterocycles. The lowest BCUT2D eigenvalue weighted by molar-refractivity contribution is 0.301. The number of aryl methyl sites for hydroxylation is 1. The molecule has 1 atom stereocenters. The third-order valence-corrected chi connectivity index (χ3v) is 4.88. The van der Waals surface area contributed by atoms with E-state index < -0.39 is 0 Å². The molecule has 1 aliphatic rings. The van der Waals surface area contributed by atoms with E-state index in [2.05, 4.69) is 35.0 Å². The average molecular weight is 312 g/mol. The van der Waals surface area contributed by atoms with Crippen LogP contribution >= 0.6 is 15.9 Å². The van der Waals surface area contributed by atoms with E-state index in [9.17, 15) is 0 Å². The molecule has 1 saturated carbocycles. The van der Waals surface area contributed by atoms with Gasteiger partial charge >= 0.3 is 0 Å². The third-order valence-electron chi connectivity index (χ3n) is 4.03. The van der Waals surface area contributed by atoms with Gasteiger partial charge < -0.3 is 10.5 Å². The predicted molar refractivity (Wildman–Crippen MR) is 78.9 cm³/mol. The molecule has 0 spiro atoms. The zero-order valence-electron chi connectivity index (χ0n) is 11.2. The van der Waals surface area contributed by atoms with Gasteiger partial charge in [-0.1, -0.05) is 35.2 Å². The molecule has 18 heavy (non-hydrogen) atoms. The van der Waals surface area contributed by atoms with Crippen molar-refractivity contribution in [1.29, 1.82) is 0 Å². The molecule has 2 nitrogen and oxygen atoms in total. The highest BCUT2D eigenvalue weighted by Gasteiger charge is 2.24. The van der Waals surface area contributed by atoms with Gasteiger partial charge in [0.05, 0.1) is 7.11 Å². The van der Waals surface area contributed by atoms with Gasteiger partial charge in [-0.3, -0.25) is 0 Å². The third kappa shape index (κ3) is 2.89. The number of halogens is 1. The lowest BCUT2D eigenvalue weighted by Gasteiger charge is -2.29. The summed E-state index contributed by atoms with van der Waals surface area (Å²) in [5.74, 6) is 1.52. The maximum absolute atomic E-state index is 6.46. The monoisotopic (exact) mass is 311 g/mol. The Bertz CT molecular complexity index is 413. The number of rotatable bonds is 3. The van der Waals surface area contributed by atoms with Crippen molar-refractivity contribution in [2.24, 2.45) is 11.7 Å². The van der Waals surface area contributed by atoms with Crippen molar-refractivity contribution >= 4 is 15.9 Å². The van der Waals surface area contributed by atoms with Crippen LogP contribution in [-0.4, -0.2) is 7.11 Å². The standard InChI is InChI=1S/C15H22BrNO/c1-10-8-14(18-2)12(9-13(10)16)15(17)11-6-4-3-5-7-11/h8-9,11,15H,3-7,17H2,1-2H3. The Morgan fingerprint density at radius 3 is 2.56 bits per heavy atom. The SMILES string of the molecule is COc1cc(C)c(Br)cc1C(N)C1CCCCC1. The van der Waals surface area contributed by atoms with Crippen molar-refractivity contribution in [3.05, 3.63) is 27.7 Å². The number of methoxy groups -OCH3 is 1. The first-order chi connectivity index (χ1) is 8.63. The van der Waals surface area contributed by atoms with Crippen molar-refractivity contribution in [3.8, 4) is 5.75 Å². The van der Waals surface area contributed by atoms with Crippen LogP contribution in [0.3, 0.4) is 0 Å². The molecule has 1 aromatic rings. The summed E-state index contributed by atoms with van der Waals surface area (Å²) in [5, 5.41) is 0. The summed E-state index contributed by atoms with van der Waals surface area (Å²) in [7, 11) is 1.72. The van der Waals surface area contributed by atoms with Crippen molar-refractivity contribution in [2.75, 3.05) is 7.11 Å². The summed E-state index contributed by atoms with van der Waals surface area (Å²) in [5.41, 5.74) is 8.79. The Kier molecular flexibility index (Phi) is 4.68. The van der Waals surface area contributed by atoms with Crippen LogP contribution in [0.15, 0.2) is 16.6 Å². The largest absolute Gasteiger partial charge is 0.496 e. The Morgan fingerprint density at radius 2 is 1.94 bits per heavy atom. The van der Waals surface area contributed by atoms with Crippen LogP contribution in [0.4, 0.5) is 0 Å². The molecule has 1 aliphatic carbocycles. The molecule has 2 rings (SSSR count). The van der Waals surface area contributed by atoms with Gasteiger partial charge in [-0.2, -0.15) is 0 Å². The highest BCUT2D eigenvalue weighted by Crippen LogP contribution is 2.38. The van der Waals surface area contributed by atoms with Gasteiger partial charge in [0.2, 0.25) is 0 Å². The van der Waals surface area contributed by atoms with Crippen LogP contribution in [0, 0.1) is 12.8 Å². The Labute approximate surface area is 118 Å². The first-order valence-electron chi connectivity index (χ1n) is 6.73. The number of hydrogen-bond acceptors (Lipinski definition) is 2. The maximum atomic E-state index is 6.46. The van der Waals surface area contributed by atoms with E-state index in [0.29, 0.717) is 5.92 Å². The molecule has 1 unspecified atom stereocenters. The molecular weight excluding hydrogens is 290 g/mol. The predicted octanol–water partition coefficient (Wildman–Crippen LogP) is 4.35. The molecule has 0 radical (unpaired) electrons. The highest BCUT2D eigenvalue weighted by molar-refractivity contribution is 9.10. The lowest BCUT2D eigenvalue weighted by atomic mass is 9.81. The molecule has 0 aliphatic heterocycles. The molecule has 0 aromatic heterocycles. The van der Waals surface area contributed by atoms with E-state index in [-0.39, 0.29) is 6.04 Å². The van der Waals surface area contributed by atoms with E-state index >= 15 is 0 Å². The lowest BCUT2D eigenvalue weighted by Crippen LogP contribution is -2.24. The Hall–Kier alpha value is -0.540. The Balaban J connectivity index is 2.27. The number of benzene rings is 1. The van der Waals surface area contributed by atoms with Crippen molar-refractivity contribution in [2.45, 2.75) is 45.1 Å². The highest BCUT2D eigenvalue weighted by atomic mass is 79.9. The summed E-state index contributed by atoms with van der Waals surface area (Å²) >= 11 is 3.59. The van der Waals surface area contributed by atoms with Crippen LogP contribution in [0.5, 0.6) is 5.75 Å². The minimum Gasteiger partial charge on any atom is -0.496 e. The second kappa shape index (κ2) is 6.07. The van der Waals surface area contributed by atoms with Gasteiger partial charge in [-0.05, 0) is 43.4 Å². The van der Waals surface area contributed by atoms with Gasteiger partial charge in [-0.15, -0.1) is 0 Å². The van der Waals surface area contributed by atoms with Gasteiger partial charge in [0.1, 0.15) is 5.75 Å². The summed E-state index contributed by atoms with van der Waals surface area (Å²) in [6.45, 7) is 2.07. The zero-order valence-corrected chi connectivity index (χ0v) is 12.8. The van der Waals surface area contributed by atoms with E-state index in [1.54, 1.807) is 7.11 Å². The molecule has 0 saturated heterocycles. The normalized spacial score (nSPS) is 18.7. The minimum atomic E-state index is 0.0946. The van der Waals surface area contributed by atoms with Gasteiger partial charge in [0.25, 0.3) is 0 Å². The quantitative estimate of drug-likeness (QED) is 0.901. The van der Waals surface area contributed by atoms with Crippen LogP contribution in [0.25, 0.3) is 0 Å². The fourth-order valence-electron chi connectivity index (χ4n) is 2.85. The summed E-state index contributed by atoms with van der Waals surface area (Å²) in [4.78, 5) is 0. The van der Waals surface area contributed by atoms with Crippen LogP contribution in [0.2, 0.25) is 0 Å². The Morgan fingerprint density at radius 1 is 1.28 bits per heavy atom. The molecule has 0 amide bonds. The zero-order chi connectivity index (χ0) is 13.1. The van der Waals surface area contributed by atoms with Crippen LogP contribution in [-0.2, 0) is 0 Å². The van der Waals surface area contributed by atoms with E-state index in [1.165, 1.54) is 37.7 Å². The molecule has 1 fully saturated rings. The first-order valence-corrected chi connectivity index (χ1v) is 7.52. The summed E-state index contributed by atoms with van der Waals surface area (Å²) < 4.78 is 6.61. The van der Waals surface area contributed by atoms with Crippen molar-refractivity contribution < 1.29 is 4.74 Å². The second-order valence-corrected chi connectivity index (χ2v) is 6.12. The molecular formula is C15H22BrNO. The molecule has 0 bridgehead atoms. The van der Waals surface area contributed by atoms with Gasteiger partial charge in [0, 0.05) is 16.1 Å². The second-order valence-electron chi connectivity index (χ2n) is 5.27. The maximum Gasteiger partial charge on any atom is 0.123 e. The average Bonchev–Trinajstić information content (AvgIpc) is 2.41. The van der Waals surface area contributed by atoms with Crippen molar-refractivity contribution in [3.63, 3.8) is 0 Å². The molecule has 2 N–H and O–H groups in total. The topological polar surface area (TPSA) is 35.2 Å². The van der Waals surface area contributed by atoms with Gasteiger partial charge in [-0.25, -0.2) is 0 Å². The molecule has 3 heteroatoms. The summed E-state index contributed by atoms with van der Waals surface area (Å²) in [6.07, 6.45) is 6.48. The molecule has 1 aromatic carbocycles. The van der Waals surface area contributed by atoms with Gasteiger partial charge in [0.15, 0.2) is 0 Å². The molecule has 100 valence electrons. The smallest absolute Gasteiger partial charge is 0.123 e.